The summed E-state index contributed by atoms with van der Waals surface area (Å²) in [6.45, 7) is 6.31. The third-order valence-electron chi connectivity index (χ3n) is 4.65. The zero-order chi connectivity index (χ0) is 18.7. The Morgan fingerprint density at radius 3 is 2.16 bits per heavy atom. The predicted octanol–water partition coefficient (Wildman–Crippen LogP) is 1.98. The zero-order valence-electron chi connectivity index (χ0n) is 15.6. The Bertz CT molecular complexity index is 607. The lowest BCUT2D eigenvalue weighted by molar-refractivity contribution is -0.258. The molecule has 1 aliphatic rings. The Labute approximate surface area is 149 Å². The van der Waals surface area contributed by atoms with Crippen LogP contribution in [-0.4, -0.2) is 44.4 Å². The number of nitrogens with one attached hydrogen (secondary N) is 2. The molecule has 1 fully saturated rings. The minimum atomic E-state index is -0.587. The van der Waals surface area contributed by atoms with Gasteiger partial charge in [-0.2, -0.15) is 0 Å². The summed E-state index contributed by atoms with van der Waals surface area (Å²) in [5.74, 6) is -1.06. The van der Waals surface area contributed by atoms with E-state index < -0.39 is 5.79 Å². The first kappa shape index (κ1) is 19.4. The number of hydrogen-bond donors (Lipinski definition) is 2. The first-order valence-electron chi connectivity index (χ1n) is 8.47. The van der Waals surface area contributed by atoms with Crippen molar-refractivity contribution < 1.29 is 19.1 Å². The van der Waals surface area contributed by atoms with Crippen LogP contribution in [0.25, 0.3) is 0 Å². The fourth-order valence-electron chi connectivity index (χ4n) is 2.87. The highest BCUT2D eigenvalue weighted by molar-refractivity contribution is 5.96. The molecule has 6 nitrogen and oxygen atoms in total. The molecule has 0 spiro atoms. The monoisotopic (exact) mass is 348 g/mol. The van der Waals surface area contributed by atoms with Gasteiger partial charge < -0.3 is 20.1 Å². The molecule has 1 aromatic rings. The van der Waals surface area contributed by atoms with Crippen LogP contribution in [0.4, 0.5) is 0 Å². The van der Waals surface area contributed by atoms with Crippen molar-refractivity contribution in [3.63, 3.8) is 0 Å². The van der Waals surface area contributed by atoms with Crippen LogP contribution in [0.2, 0.25) is 0 Å². The summed E-state index contributed by atoms with van der Waals surface area (Å²) in [6, 6.07) is 7.46. The molecule has 0 atom stereocenters. The molecule has 0 unspecified atom stereocenters. The van der Waals surface area contributed by atoms with E-state index in [-0.39, 0.29) is 29.8 Å². The minimum absolute atomic E-state index is 0.00960. The van der Waals surface area contributed by atoms with Crippen molar-refractivity contribution >= 4 is 11.8 Å². The van der Waals surface area contributed by atoms with E-state index in [0.29, 0.717) is 18.4 Å². The van der Waals surface area contributed by atoms with Gasteiger partial charge in [-0.05, 0) is 23.1 Å². The second-order valence-corrected chi connectivity index (χ2v) is 7.50. The van der Waals surface area contributed by atoms with Crippen LogP contribution in [0.1, 0.15) is 49.5 Å². The maximum Gasteiger partial charge on any atom is 0.251 e. The van der Waals surface area contributed by atoms with Gasteiger partial charge in [0.2, 0.25) is 5.91 Å². The van der Waals surface area contributed by atoms with Gasteiger partial charge in [0.05, 0.1) is 6.54 Å². The maximum atomic E-state index is 12.1. The molecule has 0 heterocycles. The van der Waals surface area contributed by atoms with Gasteiger partial charge in [0.15, 0.2) is 5.79 Å². The Morgan fingerprint density at radius 2 is 1.68 bits per heavy atom. The Balaban J connectivity index is 1.77. The molecule has 0 aromatic heterocycles. The number of methoxy groups -OCH3 is 2. The van der Waals surface area contributed by atoms with Crippen LogP contribution >= 0.6 is 0 Å². The standard InChI is InChI=1S/C19H28N2O4/c1-18(2,3)14-8-6-13(7-9-14)17(23)20-12-16(22)21-15-10-19(11-15,24-4)25-5/h6-9,15H,10-12H2,1-5H3,(H,20,23)(H,21,22). The predicted molar refractivity (Wildman–Crippen MR) is 95.4 cm³/mol. The Hall–Kier alpha value is -1.92. The second-order valence-electron chi connectivity index (χ2n) is 7.50. The molecule has 1 aromatic carbocycles. The third kappa shape index (κ3) is 4.80. The average molecular weight is 348 g/mol. The molecule has 0 aliphatic heterocycles. The summed E-state index contributed by atoms with van der Waals surface area (Å²) in [5.41, 5.74) is 1.74. The summed E-state index contributed by atoms with van der Waals surface area (Å²) in [5, 5.41) is 5.51. The van der Waals surface area contributed by atoms with Crippen molar-refractivity contribution in [2.75, 3.05) is 20.8 Å². The molecular weight excluding hydrogens is 320 g/mol. The topological polar surface area (TPSA) is 76.7 Å². The molecule has 0 saturated heterocycles. The summed E-state index contributed by atoms with van der Waals surface area (Å²) in [4.78, 5) is 24.1. The van der Waals surface area contributed by atoms with E-state index in [1.165, 1.54) is 0 Å². The van der Waals surface area contributed by atoms with E-state index in [4.69, 9.17) is 9.47 Å². The van der Waals surface area contributed by atoms with Crippen LogP contribution in [-0.2, 0) is 19.7 Å². The van der Waals surface area contributed by atoms with Crippen molar-refractivity contribution in [2.45, 2.75) is 50.9 Å². The number of hydrogen-bond acceptors (Lipinski definition) is 4. The van der Waals surface area contributed by atoms with E-state index in [0.717, 1.165) is 5.56 Å². The fraction of sp³-hybridized carbons (Fsp3) is 0.579. The molecule has 2 N–H and O–H groups in total. The largest absolute Gasteiger partial charge is 0.353 e. The van der Waals surface area contributed by atoms with Crippen molar-refractivity contribution in [3.8, 4) is 0 Å². The lowest BCUT2D eigenvalue weighted by atomic mass is 9.85. The van der Waals surface area contributed by atoms with Crippen molar-refractivity contribution in [2.24, 2.45) is 0 Å². The third-order valence-corrected chi connectivity index (χ3v) is 4.65. The molecule has 0 bridgehead atoms. The van der Waals surface area contributed by atoms with Gasteiger partial charge in [0.1, 0.15) is 0 Å². The molecular formula is C19H28N2O4. The van der Waals surface area contributed by atoms with Gasteiger partial charge in [0.25, 0.3) is 5.91 Å². The van der Waals surface area contributed by atoms with Crippen molar-refractivity contribution in [1.82, 2.24) is 10.6 Å². The lowest BCUT2D eigenvalue weighted by Crippen LogP contribution is -2.58. The lowest BCUT2D eigenvalue weighted by Gasteiger charge is -2.45. The average Bonchev–Trinajstić information content (AvgIpc) is 2.55. The highest BCUT2D eigenvalue weighted by atomic mass is 16.7. The molecule has 1 saturated carbocycles. The fourth-order valence-corrected chi connectivity index (χ4v) is 2.87. The quantitative estimate of drug-likeness (QED) is 0.771. The molecule has 25 heavy (non-hydrogen) atoms. The van der Waals surface area contributed by atoms with E-state index in [9.17, 15) is 9.59 Å². The van der Waals surface area contributed by atoms with E-state index in [2.05, 4.69) is 31.4 Å². The van der Waals surface area contributed by atoms with Crippen LogP contribution in [0, 0.1) is 0 Å². The summed E-state index contributed by atoms with van der Waals surface area (Å²) < 4.78 is 10.6. The maximum absolute atomic E-state index is 12.1. The molecule has 2 amide bonds. The van der Waals surface area contributed by atoms with Gasteiger partial charge in [-0.1, -0.05) is 32.9 Å². The van der Waals surface area contributed by atoms with Crippen molar-refractivity contribution in [3.05, 3.63) is 35.4 Å². The first-order chi connectivity index (χ1) is 11.7. The molecule has 1 aliphatic carbocycles. The highest BCUT2D eigenvalue weighted by Gasteiger charge is 2.45. The minimum Gasteiger partial charge on any atom is -0.353 e. The number of benzene rings is 1. The van der Waals surface area contributed by atoms with E-state index in [1.54, 1.807) is 26.4 Å². The van der Waals surface area contributed by atoms with Gasteiger partial charge in [0, 0.05) is 38.7 Å². The van der Waals surface area contributed by atoms with Gasteiger partial charge in [-0.3, -0.25) is 9.59 Å². The summed E-state index contributed by atoms with van der Waals surface area (Å²) in [7, 11) is 3.18. The summed E-state index contributed by atoms with van der Waals surface area (Å²) in [6.07, 6.45) is 1.21. The number of amides is 2. The Kier molecular flexibility index (Phi) is 5.85. The highest BCUT2D eigenvalue weighted by Crippen LogP contribution is 2.35. The number of rotatable bonds is 6. The van der Waals surface area contributed by atoms with E-state index in [1.807, 2.05) is 12.1 Å². The van der Waals surface area contributed by atoms with Crippen LogP contribution in [0.15, 0.2) is 24.3 Å². The molecule has 2 rings (SSSR count). The first-order valence-corrected chi connectivity index (χ1v) is 8.47. The van der Waals surface area contributed by atoms with E-state index >= 15 is 0 Å². The van der Waals surface area contributed by atoms with Gasteiger partial charge >= 0.3 is 0 Å². The van der Waals surface area contributed by atoms with Crippen LogP contribution in [0.5, 0.6) is 0 Å². The molecule has 6 heteroatoms. The Morgan fingerprint density at radius 1 is 1.12 bits per heavy atom. The number of carbonyl (C=O) groups excluding carboxylic acids is 2. The second kappa shape index (κ2) is 7.54. The van der Waals surface area contributed by atoms with Crippen LogP contribution < -0.4 is 10.6 Å². The SMILES string of the molecule is COC1(OC)CC(NC(=O)CNC(=O)c2ccc(C(C)(C)C)cc2)C1. The normalized spacial score (nSPS) is 16.8. The molecule has 0 radical (unpaired) electrons. The summed E-state index contributed by atoms with van der Waals surface area (Å²) >= 11 is 0. The van der Waals surface area contributed by atoms with Crippen molar-refractivity contribution in [1.29, 1.82) is 0 Å². The zero-order valence-corrected chi connectivity index (χ0v) is 15.6. The molecule has 138 valence electrons. The van der Waals surface area contributed by atoms with Gasteiger partial charge in [-0.25, -0.2) is 0 Å². The van der Waals surface area contributed by atoms with Crippen LogP contribution in [0.3, 0.4) is 0 Å². The van der Waals surface area contributed by atoms with Gasteiger partial charge in [-0.15, -0.1) is 0 Å². The smallest absolute Gasteiger partial charge is 0.251 e. The number of carbonyl (C=O) groups is 2. The number of ether oxygens (including phenoxy) is 2.